The third-order valence-corrected chi connectivity index (χ3v) is 4.33. The predicted molar refractivity (Wildman–Crippen MR) is 69.8 cm³/mol. The van der Waals surface area contributed by atoms with Gasteiger partial charge in [-0.1, -0.05) is 19.8 Å². The average Bonchev–Trinajstić information content (AvgIpc) is 2.29. The summed E-state index contributed by atoms with van der Waals surface area (Å²) < 4.78 is 0. The molecule has 0 aromatic heterocycles. The van der Waals surface area contributed by atoms with Crippen molar-refractivity contribution in [1.29, 1.82) is 0 Å². The summed E-state index contributed by atoms with van der Waals surface area (Å²) in [5.41, 5.74) is 0. The van der Waals surface area contributed by atoms with E-state index in [9.17, 15) is 4.79 Å². The molecule has 3 nitrogen and oxygen atoms in total. The zero-order valence-electron chi connectivity index (χ0n) is 11.2. The lowest BCUT2D eigenvalue weighted by Gasteiger charge is -2.36. The molecule has 1 saturated heterocycles. The van der Waals surface area contributed by atoms with Crippen molar-refractivity contribution in [1.82, 2.24) is 10.2 Å². The van der Waals surface area contributed by atoms with Gasteiger partial charge in [0.1, 0.15) is 0 Å². The molecule has 0 radical (unpaired) electrons. The molecular formula is C14H26N2O. The summed E-state index contributed by atoms with van der Waals surface area (Å²) in [6.45, 7) is 7.27. The van der Waals surface area contributed by atoms with Gasteiger partial charge in [0.25, 0.3) is 0 Å². The minimum atomic E-state index is 0.372. The molecule has 3 heteroatoms. The molecule has 1 amide bonds. The highest BCUT2D eigenvalue weighted by atomic mass is 16.2. The average molecular weight is 238 g/mol. The van der Waals surface area contributed by atoms with Gasteiger partial charge in [-0.2, -0.15) is 0 Å². The molecule has 2 aliphatic rings. The first-order chi connectivity index (χ1) is 8.16. The number of carbonyl (C=O) groups excluding carboxylic acids is 1. The molecule has 2 fully saturated rings. The third-order valence-electron chi connectivity index (χ3n) is 4.33. The van der Waals surface area contributed by atoms with E-state index in [0.29, 0.717) is 17.9 Å². The fourth-order valence-electron chi connectivity index (χ4n) is 3.32. The molecule has 17 heavy (non-hydrogen) atoms. The Morgan fingerprint density at radius 1 is 1.35 bits per heavy atom. The van der Waals surface area contributed by atoms with Crippen molar-refractivity contribution in [2.24, 2.45) is 11.8 Å². The summed E-state index contributed by atoms with van der Waals surface area (Å²) in [6.07, 6.45) is 5.97. The van der Waals surface area contributed by atoms with Crippen LogP contribution in [0.25, 0.3) is 0 Å². The number of rotatable bonds is 2. The molecule has 0 aromatic rings. The zero-order valence-corrected chi connectivity index (χ0v) is 11.2. The fraction of sp³-hybridized carbons (Fsp3) is 0.929. The van der Waals surface area contributed by atoms with Crippen LogP contribution in [-0.2, 0) is 4.79 Å². The highest BCUT2D eigenvalue weighted by Gasteiger charge is 2.27. The van der Waals surface area contributed by atoms with Crippen molar-refractivity contribution < 1.29 is 4.79 Å². The van der Waals surface area contributed by atoms with Gasteiger partial charge in [-0.15, -0.1) is 0 Å². The van der Waals surface area contributed by atoms with Crippen LogP contribution >= 0.6 is 0 Å². The van der Waals surface area contributed by atoms with Gasteiger partial charge in [-0.05, 0) is 31.6 Å². The maximum atomic E-state index is 12.3. The molecule has 0 spiro atoms. The second-order valence-electron chi connectivity index (χ2n) is 5.98. The van der Waals surface area contributed by atoms with E-state index in [1.807, 2.05) is 0 Å². The van der Waals surface area contributed by atoms with E-state index >= 15 is 0 Å². The first-order valence-electron chi connectivity index (χ1n) is 7.17. The number of hydrogen-bond acceptors (Lipinski definition) is 2. The Kier molecular flexibility index (Phi) is 4.43. The monoisotopic (exact) mass is 238 g/mol. The van der Waals surface area contributed by atoms with Crippen molar-refractivity contribution in [3.8, 4) is 0 Å². The first kappa shape index (κ1) is 12.9. The predicted octanol–water partition coefficient (Wildman–Crippen LogP) is 2.02. The molecule has 1 aliphatic heterocycles. The minimum absolute atomic E-state index is 0.372. The van der Waals surface area contributed by atoms with Gasteiger partial charge in [0.2, 0.25) is 5.91 Å². The maximum Gasteiger partial charge on any atom is 0.223 e. The largest absolute Gasteiger partial charge is 0.337 e. The van der Waals surface area contributed by atoms with Crippen molar-refractivity contribution in [3.05, 3.63) is 0 Å². The number of amides is 1. The van der Waals surface area contributed by atoms with Crippen LogP contribution in [0.5, 0.6) is 0 Å². The standard InChI is InChI=1S/C14H26N2O/c1-11-4-3-5-13(8-11)9-14(17)16-7-6-15-10-12(16)2/h11-13,15H,3-10H2,1-2H3/t11?,12-,13?/m1/s1. The second kappa shape index (κ2) is 5.85. The van der Waals surface area contributed by atoms with E-state index < -0.39 is 0 Å². The highest BCUT2D eigenvalue weighted by Crippen LogP contribution is 2.31. The molecule has 98 valence electrons. The summed E-state index contributed by atoms with van der Waals surface area (Å²) in [7, 11) is 0. The Bertz CT molecular complexity index is 267. The number of hydrogen-bond donors (Lipinski definition) is 1. The first-order valence-corrected chi connectivity index (χ1v) is 7.17. The topological polar surface area (TPSA) is 32.3 Å². The Labute approximate surface area is 105 Å². The molecule has 2 unspecified atom stereocenters. The normalized spacial score (nSPS) is 34.7. The smallest absolute Gasteiger partial charge is 0.223 e. The molecule has 3 atom stereocenters. The van der Waals surface area contributed by atoms with E-state index in [1.165, 1.54) is 25.7 Å². The van der Waals surface area contributed by atoms with Gasteiger partial charge in [0.15, 0.2) is 0 Å². The lowest BCUT2D eigenvalue weighted by atomic mass is 9.80. The molecular weight excluding hydrogens is 212 g/mol. The Balaban J connectivity index is 1.83. The number of piperazine rings is 1. The van der Waals surface area contributed by atoms with Crippen LogP contribution in [0.3, 0.4) is 0 Å². The quantitative estimate of drug-likeness (QED) is 0.798. The lowest BCUT2D eigenvalue weighted by molar-refractivity contribution is -0.135. The number of nitrogens with zero attached hydrogens (tertiary/aromatic N) is 1. The van der Waals surface area contributed by atoms with E-state index in [1.54, 1.807) is 0 Å². The van der Waals surface area contributed by atoms with E-state index in [4.69, 9.17) is 0 Å². The van der Waals surface area contributed by atoms with Crippen LogP contribution in [-0.4, -0.2) is 36.5 Å². The molecule has 1 N–H and O–H groups in total. The highest BCUT2D eigenvalue weighted by molar-refractivity contribution is 5.77. The molecule has 1 saturated carbocycles. The summed E-state index contributed by atoms with van der Waals surface area (Å²) in [5.74, 6) is 1.86. The maximum absolute atomic E-state index is 12.3. The Morgan fingerprint density at radius 2 is 2.18 bits per heavy atom. The van der Waals surface area contributed by atoms with Crippen LogP contribution in [0.2, 0.25) is 0 Å². The van der Waals surface area contributed by atoms with Gasteiger partial charge in [0, 0.05) is 32.1 Å². The van der Waals surface area contributed by atoms with Crippen molar-refractivity contribution in [2.75, 3.05) is 19.6 Å². The number of nitrogens with one attached hydrogen (secondary N) is 1. The van der Waals surface area contributed by atoms with Crippen LogP contribution in [0.15, 0.2) is 0 Å². The molecule has 0 aromatic carbocycles. The molecule has 1 heterocycles. The molecule has 2 rings (SSSR count). The van der Waals surface area contributed by atoms with Gasteiger partial charge in [-0.3, -0.25) is 4.79 Å². The van der Waals surface area contributed by atoms with Crippen molar-refractivity contribution in [2.45, 2.75) is 52.0 Å². The second-order valence-corrected chi connectivity index (χ2v) is 5.98. The lowest BCUT2D eigenvalue weighted by Crippen LogP contribution is -2.52. The van der Waals surface area contributed by atoms with Crippen LogP contribution < -0.4 is 5.32 Å². The van der Waals surface area contributed by atoms with Gasteiger partial charge >= 0.3 is 0 Å². The summed E-state index contributed by atoms with van der Waals surface area (Å²) >= 11 is 0. The zero-order chi connectivity index (χ0) is 12.3. The van der Waals surface area contributed by atoms with Crippen LogP contribution in [0.4, 0.5) is 0 Å². The van der Waals surface area contributed by atoms with Crippen LogP contribution in [0, 0.1) is 11.8 Å². The fourth-order valence-corrected chi connectivity index (χ4v) is 3.32. The van der Waals surface area contributed by atoms with E-state index in [-0.39, 0.29) is 0 Å². The third kappa shape index (κ3) is 3.44. The molecule has 1 aliphatic carbocycles. The SMILES string of the molecule is CC1CCCC(CC(=O)N2CCNC[C@H]2C)C1. The Morgan fingerprint density at radius 3 is 2.88 bits per heavy atom. The Hall–Kier alpha value is -0.570. The molecule has 0 bridgehead atoms. The summed E-state index contributed by atoms with van der Waals surface area (Å²) in [4.78, 5) is 14.4. The summed E-state index contributed by atoms with van der Waals surface area (Å²) in [5, 5.41) is 3.34. The van der Waals surface area contributed by atoms with E-state index in [2.05, 4.69) is 24.1 Å². The van der Waals surface area contributed by atoms with Crippen LogP contribution in [0.1, 0.15) is 46.0 Å². The van der Waals surface area contributed by atoms with Gasteiger partial charge < -0.3 is 10.2 Å². The number of carbonyl (C=O) groups is 1. The minimum Gasteiger partial charge on any atom is -0.337 e. The van der Waals surface area contributed by atoms with E-state index in [0.717, 1.165) is 32.0 Å². The summed E-state index contributed by atoms with van der Waals surface area (Å²) in [6, 6.07) is 0.372. The van der Waals surface area contributed by atoms with Gasteiger partial charge in [0.05, 0.1) is 0 Å². The van der Waals surface area contributed by atoms with Crippen molar-refractivity contribution >= 4 is 5.91 Å². The van der Waals surface area contributed by atoms with Gasteiger partial charge in [-0.25, -0.2) is 0 Å². The van der Waals surface area contributed by atoms with Crippen molar-refractivity contribution in [3.63, 3.8) is 0 Å².